The second-order valence-electron chi connectivity index (χ2n) is 6.70. The highest BCUT2D eigenvalue weighted by atomic mass is 79.9. The normalized spacial score (nSPS) is 27.7. The van der Waals surface area contributed by atoms with Gasteiger partial charge < -0.3 is 10.2 Å². The lowest BCUT2D eigenvalue weighted by Crippen LogP contribution is -2.46. The van der Waals surface area contributed by atoms with Crippen LogP contribution >= 0.6 is 15.9 Å². The van der Waals surface area contributed by atoms with Crippen molar-refractivity contribution in [2.45, 2.75) is 53.1 Å². The number of nitrogens with zero attached hydrogens (tertiary/aromatic N) is 1. The lowest BCUT2D eigenvalue weighted by molar-refractivity contribution is 0.297. The molecule has 0 bridgehead atoms. The first kappa shape index (κ1) is 16.8. The van der Waals surface area contributed by atoms with Crippen molar-refractivity contribution in [2.24, 2.45) is 11.8 Å². The van der Waals surface area contributed by atoms with E-state index in [1.807, 2.05) is 0 Å². The van der Waals surface area contributed by atoms with Crippen molar-refractivity contribution >= 4 is 21.6 Å². The van der Waals surface area contributed by atoms with E-state index >= 15 is 0 Å². The monoisotopic (exact) mass is 352 g/mol. The van der Waals surface area contributed by atoms with E-state index < -0.39 is 0 Å². The van der Waals surface area contributed by atoms with Crippen LogP contribution in [0.25, 0.3) is 0 Å². The molecule has 4 atom stereocenters. The van der Waals surface area contributed by atoms with Gasteiger partial charge in [0.25, 0.3) is 0 Å². The third-order valence-electron chi connectivity index (χ3n) is 4.89. The Morgan fingerprint density at radius 1 is 1.33 bits per heavy atom. The van der Waals surface area contributed by atoms with Gasteiger partial charge in [0.1, 0.15) is 0 Å². The van der Waals surface area contributed by atoms with Crippen molar-refractivity contribution in [1.82, 2.24) is 5.32 Å². The lowest BCUT2D eigenvalue weighted by Gasteiger charge is -2.43. The van der Waals surface area contributed by atoms with Crippen LogP contribution in [0.2, 0.25) is 0 Å². The summed E-state index contributed by atoms with van der Waals surface area (Å²) in [6, 6.07) is 7.84. The first-order valence-electron chi connectivity index (χ1n) is 8.23. The van der Waals surface area contributed by atoms with Gasteiger partial charge in [-0.1, -0.05) is 26.8 Å². The Hall–Kier alpha value is -0.540. The number of benzene rings is 1. The Labute approximate surface area is 138 Å². The molecule has 2 rings (SSSR count). The molecule has 0 saturated carbocycles. The van der Waals surface area contributed by atoms with E-state index in [-0.39, 0.29) is 0 Å². The number of rotatable bonds is 4. The van der Waals surface area contributed by atoms with E-state index in [9.17, 15) is 0 Å². The first-order valence-corrected chi connectivity index (χ1v) is 9.02. The maximum Gasteiger partial charge on any atom is 0.0513 e. The molecule has 4 unspecified atom stereocenters. The molecular formula is C18H29BrN2. The molecule has 1 aliphatic heterocycles. The number of piperidine rings is 1. The van der Waals surface area contributed by atoms with Gasteiger partial charge in [-0.25, -0.2) is 0 Å². The minimum Gasteiger partial charge on any atom is -0.367 e. The summed E-state index contributed by atoms with van der Waals surface area (Å²) in [4.78, 5) is 2.57. The predicted molar refractivity (Wildman–Crippen MR) is 96.0 cm³/mol. The van der Waals surface area contributed by atoms with Gasteiger partial charge >= 0.3 is 0 Å². The Kier molecular flexibility index (Phi) is 5.73. The number of halogens is 1. The van der Waals surface area contributed by atoms with Crippen LogP contribution in [0, 0.1) is 11.8 Å². The van der Waals surface area contributed by atoms with Gasteiger partial charge in [-0.3, -0.25) is 0 Å². The second kappa shape index (κ2) is 7.15. The SMILES string of the molecule is CCNC(C)c1ccc(N2CC(C)CC(C)C2C)c(Br)c1. The summed E-state index contributed by atoms with van der Waals surface area (Å²) < 4.78 is 1.22. The van der Waals surface area contributed by atoms with Crippen LogP contribution in [0.5, 0.6) is 0 Å². The van der Waals surface area contributed by atoms with Crippen LogP contribution in [0.15, 0.2) is 22.7 Å². The fourth-order valence-electron chi connectivity index (χ4n) is 3.48. The van der Waals surface area contributed by atoms with Gasteiger partial charge in [0.05, 0.1) is 5.69 Å². The number of anilines is 1. The van der Waals surface area contributed by atoms with Crippen LogP contribution in [0.4, 0.5) is 5.69 Å². The Balaban J connectivity index is 2.24. The minimum atomic E-state index is 0.400. The molecule has 1 N–H and O–H groups in total. The maximum absolute atomic E-state index is 3.80. The summed E-state index contributed by atoms with van der Waals surface area (Å²) >= 11 is 3.80. The van der Waals surface area contributed by atoms with Crippen molar-refractivity contribution in [3.8, 4) is 0 Å². The van der Waals surface area contributed by atoms with E-state index in [1.165, 1.54) is 22.1 Å². The molecule has 0 spiro atoms. The highest BCUT2D eigenvalue weighted by Crippen LogP contribution is 2.36. The molecule has 2 nitrogen and oxygen atoms in total. The molecule has 1 heterocycles. The maximum atomic E-state index is 3.80. The van der Waals surface area contributed by atoms with Gasteiger partial charge in [-0.05, 0) is 72.3 Å². The Bertz CT molecular complexity index is 474. The standard InChI is InChI=1S/C18H29BrN2/c1-6-20-14(4)16-7-8-18(17(19)10-16)21-11-12(2)9-13(3)15(21)5/h7-8,10,12-15,20H,6,9,11H2,1-5H3. The molecule has 21 heavy (non-hydrogen) atoms. The molecule has 3 heteroatoms. The van der Waals surface area contributed by atoms with Crippen molar-refractivity contribution < 1.29 is 0 Å². The lowest BCUT2D eigenvalue weighted by atomic mass is 9.85. The topological polar surface area (TPSA) is 15.3 Å². The van der Waals surface area contributed by atoms with Crippen molar-refractivity contribution in [3.63, 3.8) is 0 Å². The minimum absolute atomic E-state index is 0.400. The molecular weight excluding hydrogens is 324 g/mol. The van der Waals surface area contributed by atoms with Gasteiger partial charge in [0.15, 0.2) is 0 Å². The number of hydrogen-bond donors (Lipinski definition) is 1. The van der Waals surface area contributed by atoms with E-state index in [2.05, 4.69) is 79.0 Å². The predicted octanol–water partition coefficient (Wildman–Crippen LogP) is 4.99. The van der Waals surface area contributed by atoms with Gasteiger partial charge in [-0.2, -0.15) is 0 Å². The fraction of sp³-hybridized carbons (Fsp3) is 0.667. The molecule has 0 aliphatic carbocycles. The van der Waals surface area contributed by atoms with Gasteiger partial charge in [-0.15, -0.1) is 0 Å². The van der Waals surface area contributed by atoms with E-state index in [0.29, 0.717) is 12.1 Å². The van der Waals surface area contributed by atoms with Crippen LogP contribution in [-0.2, 0) is 0 Å². The summed E-state index contributed by atoms with van der Waals surface area (Å²) in [7, 11) is 0. The van der Waals surface area contributed by atoms with Gasteiger partial charge in [0.2, 0.25) is 0 Å². The van der Waals surface area contributed by atoms with Crippen LogP contribution in [0.1, 0.15) is 52.6 Å². The molecule has 118 valence electrons. The Morgan fingerprint density at radius 2 is 2.05 bits per heavy atom. The third-order valence-corrected chi connectivity index (χ3v) is 5.52. The largest absolute Gasteiger partial charge is 0.367 e. The van der Waals surface area contributed by atoms with E-state index in [0.717, 1.165) is 24.9 Å². The summed E-state index contributed by atoms with van der Waals surface area (Å²) in [5.41, 5.74) is 2.69. The number of hydrogen-bond acceptors (Lipinski definition) is 2. The molecule has 1 aromatic rings. The molecule has 0 aromatic heterocycles. The molecule has 1 fully saturated rings. The molecule has 0 amide bonds. The zero-order chi connectivity index (χ0) is 15.6. The molecule has 1 aliphatic rings. The zero-order valence-electron chi connectivity index (χ0n) is 14.0. The summed E-state index contributed by atoms with van der Waals surface area (Å²) in [5, 5.41) is 3.48. The van der Waals surface area contributed by atoms with Crippen LogP contribution < -0.4 is 10.2 Å². The average molecular weight is 353 g/mol. The average Bonchev–Trinajstić information content (AvgIpc) is 2.43. The number of nitrogens with one attached hydrogen (secondary N) is 1. The van der Waals surface area contributed by atoms with Crippen molar-refractivity contribution in [3.05, 3.63) is 28.2 Å². The molecule has 1 aromatic carbocycles. The van der Waals surface area contributed by atoms with Crippen molar-refractivity contribution in [1.29, 1.82) is 0 Å². The first-order chi connectivity index (χ1) is 9.93. The smallest absolute Gasteiger partial charge is 0.0513 e. The summed E-state index contributed by atoms with van der Waals surface area (Å²) in [5.74, 6) is 1.52. The zero-order valence-corrected chi connectivity index (χ0v) is 15.6. The van der Waals surface area contributed by atoms with Gasteiger partial charge in [0, 0.05) is 23.1 Å². The van der Waals surface area contributed by atoms with E-state index in [1.54, 1.807) is 0 Å². The van der Waals surface area contributed by atoms with Crippen molar-refractivity contribution in [2.75, 3.05) is 18.0 Å². The van der Waals surface area contributed by atoms with Crippen LogP contribution in [0.3, 0.4) is 0 Å². The highest BCUT2D eigenvalue weighted by Gasteiger charge is 2.29. The molecule has 1 saturated heterocycles. The summed E-state index contributed by atoms with van der Waals surface area (Å²) in [6.07, 6.45) is 1.34. The van der Waals surface area contributed by atoms with E-state index in [4.69, 9.17) is 0 Å². The van der Waals surface area contributed by atoms with Crippen LogP contribution in [-0.4, -0.2) is 19.1 Å². The highest BCUT2D eigenvalue weighted by molar-refractivity contribution is 9.10. The third kappa shape index (κ3) is 3.81. The fourth-order valence-corrected chi connectivity index (χ4v) is 4.11. The second-order valence-corrected chi connectivity index (χ2v) is 7.56. The quantitative estimate of drug-likeness (QED) is 0.820. The summed E-state index contributed by atoms with van der Waals surface area (Å²) in [6.45, 7) is 13.6. The Morgan fingerprint density at radius 3 is 2.67 bits per heavy atom. The molecule has 0 radical (unpaired) electrons.